The van der Waals surface area contributed by atoms with Crippen LogP contribution < -0.4 is 5.32 Å². The van der Waals surface area contributed by atoms with Gasteiger partial charge < -0.3 is 15.1 Å². The largest absolute Gasteiger partial charge is 0.469 e. The molecular formula is C28H48NO5P. The van der Waals surface area contributed by atoms with Crippen molar-refractivity contribution in [1.82, 2.24) is 5.32 Å². The molecule has 0 heterocycles. The summed E-state index contributed by atoms with van der Waals surface area (Å²) >= 11 is 0. The zero-order valence-corrected chi connectivity index (χ0v) is 22.6. The Balaban J connectivity index is 2.11. The van der Waals surface area contributed by atoms with Gasteiger partial charge in [-0.15, -0.1) is 0 Å². The minimum absolute atomic E-state index is 0.0880. The smallest absolute Gasteiger partial charge is 0.351 e. The highest BCUT2D eigenvalue weighted by Gasteiger charge is 2.19. The second kappa shape index (κ2) is 20.7. The molecular weight excluding hydrogens is 461 g/mol. The van der Waals surface area contributed by atoms with E-state index in [2.05, 4.69) is 28.9 Å². The second-order valence-corrected chi connectivity index (χ2v) is 10.6. The molecule has 0 fully saturated rings. The van der Waals surface area contributed by atoms with Crippen LogP contribution in [0, 0.1) is 0 Å². The molecule has 0 saturated carbocycles. The number of aryl methyl sites for hydroxylation is 1. The number of carbonyl (C=O) groups is 1. The number of rotatable bonds is 22. The van der Waals surface area contributed by atoms with Crippen molar-refractivity contribution < 1.29 is 23.7 Å². The van der Waals surface area contributed by atoms with Crippen molar-refractivity contribution in [2.45, 2.75) is 116 Å². The van der Waals surface area contributed by atoms with Crippen LogP contribution >= 0.6 is 7.82 Å². The Hall–Kier alpha value is -1.46. The van der Waals surface area contributed by atoms with Gasteiger partial charge in [-0.3, -0.25) is 9.32 Å². The topological polar surface area (TPSA) is 95.9 Å². The SMILES string of the molecule is CCCCCCCCC=CCCCCCCCC(=O)N[C@@H](CCc1ccccc1)COP(=O)(O)O. The Morgan fingerprint density at radius 2 is 1.49 bits per heavy atom. The third-order valence-corrected chi connectivity index (χ3v) is 6.58. The molecule has 0 bridgehead atoms. The lowest BCUT2D eigenvalue weighted by atomic mass is 10.0. The molecule has 0 aliphatic rings. The third kappa shape index (κ3) is 20.4. The van der Waals surface area contributed by atoms with E-state index in [9.17, 15) is 9.36 Å². The van der Waals surface area contributed by atoms with E-state index in [4.69, 9.17) is 9.79 Å². The van der Waals surface area contributed by atoms with Crippen molar-refractivity contribution in [2.75, 3.05) is 6.61 Å². The Morgan fingerprint density at radius 3 is 2.09 bits per heavy atom. The number of unbranched alkanes of at least 4 members (excludes halogenated alkanes) is 11. The zero-order valence-electron chi connectivity index (χ0n) is 21.7. The van der Waals surface area contributed by atoms with Crippen LogP contribution in [0.15, 0.2) is 42.5 Å². The molecule has 6 nitrogen and oxygen atoms in total. The summed E-state index contributed by atoms with van der Waals surface area (Å²) in [5.74, 6) is -0.0880. The number of hydrogen-bond acceptors (Lipinski definition) is 3. The van der Waals surface area contributed by atoms with Crippen molar-refractivity contribution >= 4 is 13.7 Å². The van der Waals surface area contributed by atoms with E-state index >= 15 is 0 Å². The van der Waals surface area contributed by atoms with E-state index < -0.39 is 13.9 Å². The standard InChI is InChI=1S/C28H48NO5P/c1-2-3-4-5-6-7-8-9-10-11-12-13-14-15-19-22-28(30)29-27(25-34-35(31,32)33)24-23-26-20-17-16-18-21-26/h9-10,16-18,20-21,27H,2-8,11-15,19,22-25H2,1H3,(H,29,30)(H2,31,32,33)/t27-/m0/s1. The molecule has 1 aromatic carbocycles. The molecule has 3 N–H and O–H groups in total. The molecule has 1 amide bonds. The summed E-state index contributed by atoms with van der Waals surface area (Å²) in [5, 5.41) is 2.89. The van der Waals surface area contributed by atoms with Gasteiger partial charge in [0, 0.05) is 6.42 Å². The van der Waals surface area contributed by atoms with Crippen LogP contribution in [0.1, 0.15) is 109 Å². The highest BCUT2D eigenvalue weighted by molar-refractivity contribution is 7.46. The number of carbonyl (C=O) groups excluding carboxylic acids is 1. The summed E-state index contributed by atoms with van der Waals surface area (Å²) < 4.78 is 15.7. The molecule has 0 saturated heterocycles. The number of allylic oxidation sites excluding steroid dienone is 2. The Labute approximate surface area is 213 Å². The Bertz CT molecular complexity index is 719. The summed E-state index contributed by atoms with van der Waals surface area (Å²) in [4.78, 5) is 30.4. The predicted molar refractivity (Wildman–Crippen MR) is 144 cm³/mol. The maximum atomic E-state index is 12.4. The maximum absolute atomic E-state index is 12.4. The summed E-state index contributed by atoms with van der Waals surface area (Å²) in [6.07, 6.45) is 22.1. The first-order chi connectivity index (χ1) is 16.9. The second-order valence-electron chi connectivity index (χ2n) is 9.41. The first-order valence-electron chi connectivity index (χ1n) is 13.6. The van der Waals surface area contributed by atoms with Crippen LogP contribution in [0.25, 0.3) is 0 Å². The number of nitrogens with one attached hydrogen (secondary N) is 1. The van der Waals surface area contributed by atoms with E-state index in [1.807, 2.05) is 30.3 Å². The average molecular weight is 510 g/mol. The molecule has 1 atom stereocenters. The van der Waals surface area contributed by atoms with Crippen LogP contribution in [-0.4, -0.2) is 28.3 Å². The summed E-state index contributed by atoms with van der Waals surface area (Å²) in [7, 11) is -4.57. The molecule has 1 aromatic rings. The van der Waals surface area contributed by atoms with Gasteiger partial charge in [-0.2, -0.15) is 0 Å². The molecule has 0 unspecified atom stereocenters. The van der Waals surface area contributed by atoms with Crippen molar-refractivity contribution in [3.05, 3.63) is 48.0 Å². The number of hydrogen-bond donors (Lipinski definition) is 3. The lowest BCUT2D eigenvalue weighted by Crippen LogP contribution is -2.38. The number of amides is 1. The van der Waals surface area contributed by atoms with Gasteiger partial charge in [-0.25, -0.2) is 4.57 Å². The monoisotopic (exact) mass is 509 g/mol. The van der Waals surface area contributed by atoms with E-state index in [1.165, 1.54) is 57.8 Å². The molecule has 0 spiro atoms. The summed E-state index contributed by atoms with van der Waals surface area (Å²) in [6, 6.07) is 9.39. The number of phosphoric ester groups is 1. The third-order valence-electron chi connectivity index (χ3n) is 6.10. The molecule has 0 aliphatic heterocycles. The van der Waals surface area contributed by atoms with Gasteiger partial charge in [0.1, 0.15) is 0 Å². The highest BCUT2D eigenvalue weighted by Crippen LogP contribution is 2.35. The Kier molecular flexibility index (Phi) is 18.7. The Morgan fingerprint density at radius 1 is 0.914 bits per heavy atom. The van der Waals surface area contributed by atoms with Gasteiger partial charge in [-0.05, 0) is 50.5 Å². The first-order valence-corrected chi connectivity index (χ1v) is 15.1. The van der Waals surface area contributed by atoms with E-state index in [0.29, 0.717) is 19.3 Å². The predicted octanol–water partition coefficient (Wildman–Crippen LogP) is 7.25. The minimum atomic E-state index is -4.57. The molecule has 200 valence electrons. The van der Waals surface area contributed by atoms with Crippen molar-refractivity contribution in [3.63, 3.8) is 0 Å². The lowest BCUT2D eigenvalue weighted by molar-refractivity contribution is -0.122. The van der Waals surface area contributed by atoms with E-state index in [1.54, 1.807) is 0 Å². The molecule has 0 aromatic heterocycles. The number of benzene rings is 1. The fraction of sp³-hybridized carbons (Fsp3) is 0.679. The fourth-order valence-corrected chi connectivity index (χ4v) is 4.40. The van der Waals surface area contributed by atoms with Gasteiger partial charge in [0.15, 0.2) is 0 Å². The van der Waals surface area contributed by atoms with Crippen molar-refractivity contribution in [3.8, 4) is 0 Å². The number of phosphoric acid groups is 1. The van der Waals surface area contributed by atoms with Crippen LogP contribution in [0.5, 0.6) is 0 Å². The van der Waals surface area contributed by atoms with Gasteiger partial charge in [-0.1, -0.05) is 101 Å². The van der Waals surface area contributed by atoms with E-state index in [-0.39, 0.29) is 12.5 Å². The first kappa shape index (κ1) is 31.6. The van der Waals surface area contributed by atoms with Gasteiger partial charge in [0.2, 0.25) is 5.91 Å². The molecule has 35 heavy (non-hydrogen) atoms. The molecule has 0 radical (unpaired) electrons. The normalized spacial score (nSPS) is 12.8. The minimum Gasteiger partial charge on any atom is -0.351 e. The molecule has 1 rings (SSSR count). The molecule has 0 aliphatic carbocycles. The van der Waals surface area contributed by atoms with Gasteiger partial charge in [0.25, 0.3) is 0 Å². The van der Waals surface area contributed by atoms with Crippen molar-refractivity contribution in [2.24, 2.45) is 0 Å². The van der Waals surface area contributed by atoms with Gasteiger partial charge in [0.05, 0.1) is 12.6 Å². The van der Waals surface area contributed by atoms with Crippen LogP contribution in [0.2, 0.25) is 0 Å². The average Bonchev–Trinajstić information content (AvgIpc) is 2.83. The molecule has 7 heteroatoms. The van der Waals surface area contributed by atoms with Crippen LogP contribution in [0.3, 0.4) is 0 Å². The van der Waals surface area contributed by atoms with Crippen LogP contribution in [-0.2, 0) is 20.3 Å². The maximum Gasteiger partial charge on any atom is 0.469 e. The van der Waals surface area contributed by atoms with E-state index in [0.717, 1.165) is 31.2 Å². The summed E-state index contributed by atoms with van der Waals surface area (Å²) in [6.45, 7) is 2.05. The van der Waals surface area contributed by atoms with Gasteiger partial charge >= 0.3 is 7.82 Å². The van der Waals surface area contributed by atoms with Crippen molar-refractivity contribution in [1.29, 1.82) is 0 Å². The highest BCUT2D eigenvalue weighted by atomic mass is 31.2. The quantitative estimate of drug-likeness (QED) is 0.0869. The lowest BCUT2D eigenvalue weighted by Gasteiger charge is -2.19. The summed E-state index contributed by atoms with van der Waals surface area (Å²) in [5.41, 5.74) is 1.11. The zero-order chi connectivity index (χ0) is 25.6. The van der Waals surface area contributed by atoms with Crippen LogP contribution in [0.4, 0.5) is 0 Å². The fourth-order valence-electron chi connectivity index (χ4n) is 4.03.